The Morgan fingerprint density at radius 3 is 2.81 bits per heavy atom. The summed E-state index contributed by atoms with van der Waals surface area (Å²) in [7, 11) is 0. The molecule has 3 unspecified atom stereocenters. The molecule has 2 nitrogen and oxygen atoms in total. The van der Waals surface area contributed by atoms with Gasteiger partial charge in [0.2, 0.25) is 0 Å². The maximum Gasteiger partial charge on any atom is 0.0603 e. The summed E-state index contributed by atoms with van der Waals surface area (Å²) in [6.45, 7) is 6.87. The third-order valence-corrected chi connectivity index (χ3v) is 4.87. The molecule has 0 bridgehead atoms. The van der Waals surface area contributed by atoms with Crippen molar-refractivity contribution in [1.82, 2.24) is 5.32 Å². The molecule has 1 heterocycles. The van der Waals surface area contributed by atoms with Crippen molar-refractivity contribution in [1.29, 1.82) is 0 Å². The van der Waals surface area contributed by atoms with E-state index in [1.165, 1.54) is 38.6 Å². The van der Waals surface area contributed by atoms with Crippen molar-refractivity contribution in [3.05, 3.63) is 0 Å². The van der Waals surface area contributed by atoms with Crippen LogP contribution in [0.3, 0.4) is 0 Å². The van der Waals surface area contributed by atoms with Crippen LogP contribution in [0.2, 0.25) is 0 Å². The SMILES string of the molecule is CC(C)C1CC2(CCO1)CC2CNC1CC1. The standard InChI is InChI=1S/C14H25NO/c1-10(2)13-8-14(5-6-16-13)7-11(14)9-15-12-3-4-12/h10-13,15H,3-9H2,1-2H3. The number of ether oxygens (including phenoxy) is 1. The summed E-state index contributed by atoms with van der Waals surface area (Å²) in [5.41, 5.74) is 0.676. The van der Waals surface area contributed by atoms with Gasteiger partial charge in [-0.25, -0.2) is 0 Å². The topological polar surface area (TPSA) is 21.3 Å². The molecule has 0 aromatic carbocycles. The first-order valence-electron chi connectivity index (χ1n) is 7.05. The maximum absolute atomic E-state index is 5.88. The zero-order chi connectivity index (χ0) is 11.2. The molecular weight excluding hydrogens is 198 g/mol. The number of hydrogen-bond donors (Lipinski definition) is 1. The highest BCUT2D eigenvalue weighted by Gasteiger charge is 2.55. The summed E-state index contributed by atoms with van der Waals surface area (Å²) in [4.78, 5) is 0. The molecule has 1 spiro atoms. The van der Waals surface area contributed by atoms with Gasteiger partial charge in [0, 0.05) is 12.6 Å². The molecule has 3 fully saturated rings. The van der Waals surface area contributed by atoms with Crippen LogP contribution in [0, 0.1) is 17.3 Å². The van der Waals surface area contributed by atoms with Gasteiger partial charge >= 0.3 is 0 Å². The van der Waals surface area contributed by atoms with Gasteiger partial charge in [-0.3, -0.25) is 0 Å². The fourth-order valence-corrected chi connectivity index (χ4v) is 3.28. The van der Waals surface area contributed by atoms with Crippen LogP contribution in [0.5, 0.6) is 0 Å². The summed E-state index contributed by atoms with van der Waals surface area (Å²) < 4.78 is 5.88. The molecule has 3 aliphatic rings. The lowest BCUT2D eigenvalue weighted by Gasteiger charge is -2.33. The zero-order valence-electron chi connectivity index (χ0n) is 10.7. The average Bonchev–Trinajstić information content (AvgIpc) is 3.14. The molecule has 3 atom stereocenters. The molecule has 3 rings (SSSR count). The molecule has 0 aromatic heterocycles. The number of nitrogens with one attached hydrogen (secondary N) is 1. The van der Waals surface area contributed by atoms with Crippen LogP contribution in [-0.4, -0.2) is 25.3 Å². The highest BCUT2D eigenvalue weighted by atomic mass is 16.5. The third-order valence-electron chi connectivity index (χ3n) is 4.87. The first-order chi connectivity index (χ1) is 7.70. The normalized spacial score (nSPS) is 42.9. The van der Waals surface area contributed by atoms with E-state index in [9.17, 15) is 0 Å². The second-order valence-electron chi connectivity index (χ2n) is 6.55. The molecule has 0 radical (unpaired) electrons. The Morgan fingerprint density at radius 1 is 1.31 bits per heavy atom. The van der Waals surface area contributed by atoms with Gasteiger partial charge in [0.05, 0.1) is 6.10 Å². The van der Waals surface area contributed by atoms with E-state index in [1.54, 1.807) is 0 Å². The Labute approximate surface area is 99.1 Å². The molecule has 92 valence electrons. The minimum absolute atomic E-state index is 0.527. The second-order valence-corrected chi connectivity index (χ2v) is 6.55. The molecule has 1 N–H and O–H groups in total. The third kappa shape index (κ3) is 2.14. The summed E-state index contributed by atoms with van der Waals surface area (Å²) in [5.74, 6) is 1.65. The zero-order valence-corrected chi connectivity index (χ0v) is 10.7. The smallest absolute Gasteiger partial charge is 0.0603 e. The maximum atomic E-state index is 5.88. The van der Waals surface area contributed by atoms with Crippen LogP contribution < -0.4 is 5.32 Å². The van der Waals surface area contributed by atoms with Gasteiger partial charge in [0.1, 0.15) is 0 Å². The van der Waals surface area contributed by atoms with E-state index in [0.717, 1.165) is 18.6 Å². The van der Waals surface area contributed by atoms with E-state index >= 15 is 0 Å². The Bertz CT molecular complexity index is 261. The van der Waals surface area contributed by atoms with Crippen LogP contribution >= 0.6 is 0 Å². The van der Waals surface area contributed by atoms with Crippen LogP contribution in [0.1, 0.15) is 46.0 Å². The molecule has 16 heavy (non-hydrogen) atoms. The Morgan fingerprint density at radius 2 is 2.12 bits per heavy atom. The van der Waals surface area contributed by atoms with Gasteiger partial charge in [-0.1, -0.05) is 13.8 Å². The quantitative estimate of drug-likeness (QED) is 0.791. The van der Waals surface area contributed by atoms with Gasteiger partial charge in [-0.15, -0.1) is 0 Å². The molecule has 2 saturated carbocycles. The largest absolute Gasteiger partial charge is 0.378 e. The molecular formula is C14H25NO. The Hall–Kier alpha value is -0.0800. The lowest BCUT2D eigenvalue weighted by molar-refractivity contribution is -0.0444. The van der Waals surface area contributed by atoms with Crippen molar-refractivity contribution in [2.24, 2.45) is 17.3 Å². The van der Waals surface area contributed by atoms with Crippen LogP contribution in [0.25, 0.3) is 0 Å². The number of hydrogen-bond acceptors (Lipinski definition) is 2. The lowest BCUT2D eigenvalue weighted by atomic mass is 9.86. The van der Waals surface area contributed by atoms with Crippen molar-refractivity contribution < 1.29 is 4.74 Å². The van der Waals surface area contributed by atoms with E-state index in [0.29, 0.717) is 17.4 Å². The van der Waals surface area contributed by atoms with Crippen molar-refractivity contribution in [2.45, 2.75) is 58.1 Å². The fourth-order valence-electron chi connectivity index (χ4n) is 3.28. The fraction of sp³-hybridized carbons (Fsp3) is 1.00. The minimum atomic E-state index is 0.527. The van der Waals surface area contributed by atoms with Crippen LogP contribution in [0.4, 0.5) is 0 Å². The minimum Gasteiger partial charge on any atom is -0.378 e. The predicted molar refractivity (Wildman–Crippen MR) is 65.4 cm³/mol. The first kappa shape index (κ1) is 11.0. The molecule has 2 heteroatoms. The average molecular weight is 223 g/mol. The van der Waals surface area contributed by atoms with Gasteiger partial charge in [-0.05, 0) is 55.9 Å². The van der Waals surface area contributed by atoms with Gasteiger partial charge in [-0.2, -0.15) is 0 Å². The lowest BCUT2D eigenvalue weighted by Crippen LogP contribution is -2.33. The summed E-state index contributed by atoms with van der Waals surface area (Å²) >= 11 is 0. The van der Waals surface area contributed by atoms with E-state index in [1.807, 2.05) is 0 Å². The second kappa shape index (κ2) is 3.99. The highest BCUT2D eigenvalue weighted by molar-refractivity contribution is 5.06. The molecule has 1 aliphatic heterocycles. The number of rotatable bonds is 4. The predicted octanol–water partition coefficient (Wildman–Crippen LogP) is 2.58. The first-order valence-corrected chi connectivity index (χ1v) is 7.05. The van der Waals surface area contributed by atoms with Crippen molar-refractivity contribution in [2.75, 3.05) is 13.2 Å². The van der Waals surface area contributed by atoms with Gasteiger partial charge in [0.15, 0.2) is 0 Å². The molecule has 0 aromatic rings. The molecule has 1 saturated heterocycles. The van der Waals surface area contributed by atoms with Crippen LogP contribution in [0.15, 0.2) is 0 Å². The van der Waals surface area contributed by atoms with Crippen molar-refractivity contribution in [3.63, 3.8) is 0 Å². The summed E-state index contributed by atoms with van der Waals surface area (Å²) in [5, 5.41) is 3.69. The van der Waals surface area contributed by atoms with E-state index in [4.69, 9.17) is 4.74 Å². The van der Waals surface area contributed by atoms with E-state index in [-0.39, 0.29) is 0 Å². The highest BCUT2D eigenvalue weighted by Crippen LogP contribution is 2.60. The van der Waals surface area contributed by atoms with E-state index < -0.39 is 0 Å². The van der Waals surface area contributed by atoms with Crippen molar-refractivity contribution >= 4 is 0 Å². The molecule has 0 amide bonds. The Balaban J connectivity index is 1.50. The molecule has 2 aliphatic carbocycles. The summed E-state index contributed by atoms with van der Waals surface area (Å²) in [6, 6.07) is 0.874. The van der Waals surface area contributed by atoms with Gasteiger partial charge < -0.3 is 10.1 Å². The Kier molecular flexibility index (Phi) is 2.75. The van der Waals surface area contributed by atoms with Crippen molar-refractivity contribution in [3.8, 4) is 0 Å². The van der Waals surface area contributed by atoms with Gasteiger partial charge in [0.25, 0.3) is 0 Å². The van der Waals surface area contributed by atoms with E-state index in [2.05, 4.69) is 19.2 Å². The van der Waals surface area contributed by atoms with Crippen LogP contribution in [-0.2, 0) is 4.74 Å². The summed E-state index contributed by atoms with van der Waals surface area (Å²) in [6.07, 6.45) is 7.45. The monoisotopic (exact) mass is 223 g/mol.